The molecule has 126 valence electrons. The molecule has 1 aromatic heterocycles. The molecule has 0 bridgehead atoms. The molecule has 6 nitrogen and oxygen atoms in total. The fourth-order valence-corrected chi connectivity index (χ4v) is 2.43. The van der Waals surface area contributed by atoms with Crippen molar-refractivity contribution in [3.05, 3.63) is 64.9 Å². The number of nitrogens with two attached hydrogens (primary N) is 1. The molecular formula is C18H16ClN5O. The maximum absolute atomic E-state index is 11.1. The first-order valence-electron chi connectivity index (χ1n) is 7.73. The Morgan fingerprint density at radius 2 is 1.88 bits per heavy atom. The van der Waals surface area contributed by atoms with Gasteiger partial charge < -0.3 is 11.1 Å². The van der Waals surface area contributed by atoms with E-state index in [0.29, 0.717) is 34.6 Å². The standard InChI is InChI=1S/C18H16ClN5O/c1-2-15-22-17(12-4-3-5-13(19)10-12)24-18(23-15)21-14-8-6-11(7-9-14)16(20)25/h3-10H,2H2,1H3,(H2,20,25)(H,21,22,23,24). The summed E-state index contributed by atoms with van der Waals surface area (Å²) >= 11 is 6.05. The number of anilines is 2. The van der Waals surface area contributed by atoms with Crippen LogP contribution in [0.2, 0.25) is 5.02 Å². The highest BCUT2D eigenvalue weighted by atomic mass is 35.5. The van der Waals surface area contributed by atoms with E-state index in [1.165, 1.54) is 0 Å². The van der Waals surface area contributed by atoms with Crippen LogP contribution in [0.25, 0.3) is 11.4 Å². The van der Waals surface area contributed by atoms with E-state index in [4.69, 9.17) is 17.3 Å². The molecule has 0 spiro atoms. The molecule has 3 aromatic rings. The number of carbonyl (C=O) groups is 1. The first-order chi connectivity index (χ1) is 12.0. The number of nitrogens with zero attached hydrogens (tertiary/aromatic N) is 3. The minimum absolute atomic E-state index is 0.425. The number of aromatic nitrogens is 3. The van der Waals surface area contributed by atoms with Crippen LogP contribution in [0.3, 0.4) is 0 Å². The largest absolute Gasteiger partial charge is 0.366 e. The van der Waals surface area contributed by atoms with Crippen LogP contribution < -0.4 is 11.1 Å². The Balaban J connectivity index is 1.93. The lowest BCUT2D eigenvalue weighted by Crippen LogP contribution is -2.10. The van der Waals surface area contributed by atoms with Gasteiger partial charge in [0.1, 0.15) is 5.82 Å². The van der Waals surface area contributed by atoms with Crippen molar-refractivity contribution in [2.45, 2.75) is 13.3 Å². The summed E-state index contributed by atoms with van der Waals surface area (Å²) in [5.41, 5.74) is 7.25. The van der Waals surface area contributed by atoms with Crippen LogP contribution in [0.1, 0.15) is 23.1 Å². The lowest BCUT2D eigenvalue weighted by atomic mass is 10.2. The van der Waals surface area contributed by atoms with E-state index in [-0.39, 0.29) is 0 Å². The number of carbonyl (C=O) groups excluding carboxylic acids is 1. The van der Waals surface area contributed by atoms with E-state index in [2.05, 4.69) is 20.3 Å². The normalized spacial score (nSPS) is 10.5. The van der Waals surface area contributed by atoms with Crippen molar-refractivity contribution >= 4 is 29.1 Å². The third-order valence-corrected chi connectivity index (χ3v) is 3.74. The SMILES string of the molecule is CCc1nc(Nc2ccc(C(N)=O)cc2)nc(-c2cccc(Cl)c2)n1. The van der Waals surface area contributed by atoms with E-state index in [1.807, 2.05) is 25.1 Å². The minimum Gasteiger partial charge on any atom is -0.366 e. The van der Waals surface area contributed by atoms with Gasteiger partial charge in [0.05, 0.1) is 0 Å². The molecule has 7 heteroatoms. The number of nitrogens with one attached hydrogen (secondary N) is 1. The Labute approximate surface area is 150 Å². The second-order valence-corrected chi connectivity index (χ2v) is 5.77. The maximum Gasteiger partial charge on any atom is 0.248 e. The zero-order valence-electron chi connectivity index (χ0n) is 13.5. The smallest absolute Gasteiger partial charge is 0.248 e. The van der Waals surface area contributed by atoms with Gasteiger partial charge in [-0.1, -0.05) is 30.7 Å². The van der Waals surface area contributed by atoms with Gasteiger partial charge in [-0.05, 0) is 36.4 Å². The molecule has 3 N–H and O–H groups in total. The van der Waals surface area contributed by atoms with Crippen LogP contribution in [0.5, 0.6) is 0 Å². The molecule has 25 heavy (non-hydrogen) atoms. The van der Waals surface area contributed by atoms with Crippen molar-refractivity contribution in [3.63, 3.8) is 0 Å². The van der Waals surface area contributed by atoms with Crippen LogP contribution in [0.4, 0.5) is 11.6 Å². The molecule has 0 atom stereocenters. The van der Waals surface area contributed by atoms with E-state index in [0.717, 1.165) is 11.3 Å². The molecule has 0 fully saturated rings. The summed E-state index contributed by atoms with van der Waals surface area (Å²) in [6, 6.07) is 14.1. The molecule has 0 saturated heterocycles. The Morgan fingerprint density at radius 3 is 2.52 bits per heavy atom. The van der Waals surface area contributed by atoms with Crippen LogP contribution in [-0.2, 0) is 6.42 Å². The van der Waals surface area contributed by atoms with Crippen LogP contribution in [-0.4, -0.2) is 20.9 Å². The predicted octanol–water partition coefficient (Wildman–Crippen LogP) is 3.60. The quantitative estimate of drug-likeness (QED) is 0.731. The summed E-state index contributed by atoms with van der Waals surface area (Å²) in [4.78, 5) is 24.5. The van der Waals surface area contributed by atoms with Crippen molar-refractivity contribution in [1.82, 2.24) is 15.0 Å². The van der Waals surface area contributed by atoms with E-state index >= 15 is 0 Å². The molecule has 0 aliphatic carbocycles. The average Bonchev–Trinajstić information content (AvgIpc) is 2.62. The number of hydrogen-bond acceptors (Lipinski definition) is 5. The van der Waals surface area contributed by atoms with Gasteiger partial charge in [-0.3, -0.25) is 4.79 Å². The number of aryl methyl sites for hydroxylation is 1. The predicted molar refractivity (Wildman–Crippen MR) is 97.9 cm³/mol. The highest BCUT2D eigenvalue weighted by Crippen LogP contribution is 2.22. The molecule has 0 saturated carbocycles. The monoisotopic (exact) mass is 353 g/mol. The molecule has 3 rings (SSSR count). The molecule has 0 unspecified atom stereocenters. The van der Waals surface area contributed by atoms with Crippen molar-refractivity contribution in [1.29, 1.82) is 0 Å². The molecule has 1 amide bonds. The van der Waals surface area contributed by atoms with Crippen LogP contribution >= 0.6 is 11.6 Å². The topological polar surface area (TPSA) is 93.8 Å². The number of hydrogen-bond donors (Lipinski definition) is 2. The van der Waals surface area contributed by atoms with Gasteiger partial charge in [-0.15, -0.1) is 0 Å². The summed E-state index contributed by atoms with van der Waals surface area (Å²) in [5, 5.41) is 3.74. The first kappa shape index (κ1) is 16.9. The van der Waals surface area contributed by atoms with Crippen molar-refractivity contribution in [2.24, 2.45) is 5.73 Å². The summed E-state index contributed by atoms with van der Waals surface area (Å²) in [7, 11) is 0. The number of primary amides is 1. The zero-order chi connectivity index (χ0) is 17.8. The van der Waals surface area contributed by atoms with Crippen LogP contribution in [0, 0.1) is 0 Å². The van der Waals surface area contributed by atoms with Gasteiger partial charge in [0, 0.05) is 28.3 Å². The maximum atomic E-state index is 11.1. The Bertz CT molecular complexity index is 912. The van der Waals surface area contributed by atoms with Gasteiger partial charge in [-0.25, -0.2) is 4.98 Å². The highest BCUT2D eigenvalue weighted by molar-refractivity contribution is 6.30. The Kier molecular flexibility index (Phi) is 4.90. The number of rotatable bonds is 5. The van der Waals surface area contributed by atoms with E-state index in [9.17, 15) is 4.79 Å². The summed E-state index contributed by atoms with van der Waals surface area (Å²) < 4.78 is 0. The van der Waals surface area contributed by atoms with Crippen molar-refractivity contribution in [3.8, 4) is 11.4 Å². The van der Waals surface area contributed by atoms with Gasteiger partial charge in [0.15, 0.2) is 5.82 Å². The molecule has 0 aliphatic rings. The summed E-state index contributed by atoms with van der Waals surface area (Å²) in [5.74, 6) is 1.17. The average molecular weight is 354 g/mol. The summed E-state index contributed by atoms with van der Waals surface area (Å²) in [6.07, 6.45) is 0.672. The fourth-order valence-electron chi connectivity index (χ4n) is 2.24. The van der Waals surface area contributed by atoms with E-state index in [1.54, 1.807) is 30.3 Å². The fraction of sp³-hybridized carbons (Fsp3) is 0.111. The van der Waals surface area contributed by atoms with Crippen LogP contribution in [0.15, 0.2) is 48.5 Å². The molecule has 0 radical (unpaired) electrons. The van der Waals surface area contributed by atoms with Gasteiger partial charge >= 0.3 is 0 Å². The number of halogens is 1. The second kappa shape index (κ2) is 7.27. The lowest BCUT2D eigenvalue weighted by molar-refractivity contribution is 0.100. The zero-order valence-corrected chi connectivity index (χ0v) is 14.3. The summed E-state index contributed by atoms with van der Waals surface area (Å²) in [6.45, 7) is 1.97. The minimum atomic E-state index is -0.469. The molecule has 0 aliphatic heterocycles. The third-order valence-electron chi connectivity index (χ3n) is 3.51. The highest BCUT2D eigenvalue weighted by Gasteiger charge is 2.09. The first-order valence-corrected chi connectivity index (χ1v) is 8.10. The van der Waals surface area contributed by atoms with Crippen molar-refractivity contribution in [2.75, 3.05) is 5.32 Å². The second-order valence-electron chi connectivity index (χ2n) is 5.33. The number of benzene rings is 2. The van der Waals surface area contributed by atoms with Crippen molar-refractivity contribution < 1.29 is 4.79 Å². The molecule has 2 aromatic carbocycles. The number of amides is 1. The van der Waals surface area contributed by atoms with E-state index < -0.39 is 5.91 Å². The molecule has 1 heterocycles. The lowest BCUT2D eigenvalue weighted by Gasteiger charge is -2.09. The Morgan fingerprint density at radius 1 is 1.12 bits per heavy atom. The van der Waals surface area contributed by atoms with Gasteiger partial charge in [0.25, 0.3) is 0 Å². The Hall–Kier alpha value is -2.99. The van der Waals surface area contributed by atoms with Gasteiger partial charge in [-0.2, -0.15) is 9.97 Å². The molecular weight excluding hydrogens is 338 g/mol. The third kappa shape index (κ3) is 4.10. The van der Waals surface area contributed by atoms with Gasteiger partial charge in [0.2, 0.25) is 11.9 Å².